The van der Waals surface area contributed by atoms with Crippen molar-refractivity contribution in [3.63, 3.8) is 0 Å². The molecular formula is C12H26O6S2. The Morgan fingerprint density at radius 1 is 0.700 bits per heavy atom. The highest BCUT2D eigenvalue weighted by molar-refractivity contribution is 7.90. The zero-order valence-corrected chi connectivity index (χ0v) is 13.8. The van der Waals surface area contributed by atoms with Gasteiger partial charge in [0.25, 0.3) is 20.2 Å². The molecule has 2 N–H and O–H groups in total. The predicted molar refractivity (Wildman–Crippen MR) is 79.0 cm³/mol. The van der Waals surface area contributed by atoms with E-state index in [-0.39, 0.29) is 12.8 Å². The lowest BCUT2D eigenvalue weighted by Crippen LogP contribution is -2.39. The highest BCUT2D eigenvalue weighted by Crippen LogP contribution is 2.24. The average molecular weight is 330 g/mol. The second kappa shape index (κ2) is 8.96. The molecular weight excluding hydrogens is 304 g/mol. The zero-order valence-electron chi connectivity index (χ0n) is 12.2. The fourth-order valence-electron chi connectivity index (χ4n) is 2.24. The maximum absolute atomic E-state index is 11.4. The molecule has 0 aliphatic heterocycles. The Balaban J connectivity index is 5.10. The molecule has 2 unspecified atom stereocenters. The Kier molecular flexibility index (Phi) is 8.88. The maximum Gasteiger partial charge on any atom is 0.269 e. The minimum Gasteiger partial charge on any atom is -0.285 e. The largest absolute Gasteiger partial charge is 0.285 e. The fraction of sp³-hybridized carbons (Fsp3) is 1.00. The monoisotopic (exact) mass is 330 g/mol. The van der Waals surface area contributed by atoms with Gasteiger partial charge in [-0.25, -0.2) is 0 Å². The lowest BCUT2D eigenvalue weighted by atomic mass is 10.1. The molecule has 0 rings (SSSR count). The quantitative estimate of drug-likeness (QED) is 0.445. The van der Waals surface area contributed by atoms with Crippen molar-refractivity contribution in [1.82, 2.24) is 0 Å². The van der Waals surface area contributed by atoms with Gasteiger partial charge in [-0.2, -0.15) is 16.8 Å². The summed E-state index contributed by atoms with van der Waals surface area (Å²) in [5.74, 6) is 0. The summed E-state index contributed by atoms with van der Waals surface area (Å²) in [6.45, 7) is 3.87. The number of hydrogen-bond donors (Lipinski definition) is 2. The van der Waals surface area contributed by atoms with Crippen molar-refractivity contribution in [2.24, 2.45) is 0 Å². The van der Waals surface area contributed by atoms with Gasteiger partial charge in [-0.15, -0.1) is 0 Å². The van der Waals surface area contributed by atoms with Gasteiger partial charge in [0.2, 0.25) is 0 Å². The molecule has 0 aromatic rings. The third kappa shape index (κ3) is 7.56. The van der Waals surface area contributed by atoms with E-state index in [1.54, 1.807) is 0 Å². The van der Waals surface area contributed by atoms with Crippen LogP contribution in [-0.4, -0.2) is 36.4 Å². The minimum absolute atomic E-state index is 0.0449. The van der Waals surface area contributed by atoms with Crippen molar-refractivity contribution in [2.45, 2.75) is 75.7 Å². The van der Waals surface area contributed by atoms with E-state index in [0.29, 0.717) is 12.8 Å². The van der Waals surface area contributed by atoms with Crippen LogP contribution in [-0.2, 0) is 20.2 Å². The van der Waals surface area contributed by atoms with Crippen molar-refractivity contribution in [2.75, 3.05) is 0 Å². The third-order valence-corrected chi connectivity index (χ3v) is 6.20. The van der Waals surface area contributed by atoms with Gasteiger partial charge in [0, 0.05) is 0 Å². The second-order valence-electron chi connectivity index (χ2n) is 5.10. The van der Waals surface area contributed by atoms with E-state index in [1.165, 1.54) is 0 Å². The van der Waals surface area contributed by atoms with Crippen LogP contribution in [0, 0.1) is 0 Å². The molecule has 0 heterocycles. The molecule has 0 radical (unpaired) electrons. The standard InChI is InChI=1S/C12H26O6S2/c1-3-5-7-9-11(19(13,14)15)12(20(16,17)18)10-8-6-4-2/h11-12H,3-10H2,1-2H3,(H,13,14,15)(H,16,17,18). The Bertz CT molecular complexity index is 410. The smallest absolute Gasteiger partial charge is 0.269 e. The molecule has 0 fully saturated rings. The van der Waals surface area contributed by atoms with Gasteiger partial charge in [0.05, 0.1) is 0 Å². The molecule has 0 aliphatic rings. The average Bonchev–Trinajstić information content (AvgIpc) is 2.29. The van der Waals surface area contributed by atoms with Crippen LogP contribution in [0.3, 0.4) is 0 Å². The molecule has 0 saturated heterocycles. The summed E-state index contributed by atoms with van der Waals surface area (Å²) in [7, 11) is -9.01. The van der Waals surface area contributed by atoms with Gasteiger partial charge in [-0.1, -0.05) is 52.4 Å². The van der Waals surface area contributed by atoms with E-state index in [9.17, 15) is 25.9 Å². The topological polar surface area (TPSA) is 109 Å². The van der Waals surface area contributed by atoms with Gasteiger partial charge >= 0.3 is 0 Å². The summed E-state index contributed by atoms with van der Waals surface area (Å²) in [5.41, 5.74) is 0. The highest BCUT2D eigenvalue weighted by Gasteiger charge is 2.39. The molecule has 20 heavy (non-hydrogen) atoms. The normalized spacial score (nSPS) is 16.0. The van der Waals surface area contributed by atoms with E-state index in [2.05, 4.69) is 0 Å². The van der Waals surface area contributed by atoms with E-state index >= 15 is 0 Å². The van der Waals surface area contributed by atoms with Gasteiger partial charge in [0.1, 0.15) is 10.5 Å². The van der Waals surface area contributed by atoms with E-state index in [1.807, 2.05) is 13.8 Å². The second-order valence-corrected chi connectivity index (χ2v) is 8.37. The van der Waals surface area contributed by atoms with Gasteiger partial charge in [-0.05, 0) is 12.8 Å². The number of rotatable bonds is 11. The number of hydrogen-bond acceptors (Lipinski definition) is 4. The van der Waals surface area contributed by atoms with Crippen molar-refractivity contribution in [3.8, 4) is 0 Å². The van der Waals surface area contributed by atoms with Crippen LogP contribution in [0.2, 0.25) is 0 Å². The summed E-state index contributed by atoms with van der Waals surface area (Å²) in [4.78, 5) is 0. The summed E-state index contributed by atoms with van der Waals surface area (Å²) < 4.78 is 64.2. The predicted octanol–water partition coefficient (Wildman–Crippen LogP) is 2.66. The van der Waals surface area contributed by atoms with Crippen LogP contribution >= 0.6 is 0 Å². The Morgan fingerprint density at radius 3 is 1.20 bits per heavy atom. The lowest BCUT2D eigenvalue weighted by Gasteiger charge is -2.22. The van der Waals surface area contributed by atoms with E-state index in [0.717, 1.165) is 25.7 Å². The van der Waals surface area contributed by atoms with Crippen molar-refractivity contribution >= 4 is 20.2 Å². The Labute approximate surface area is 122 Å². The zero-order chi connectivity index (χ0) is 15.8. The van der Waals surface area contributed by atoms with Crippen LogP contribution in [0.15, 0.2) is 0 Å². The summed E-state index contributed by atoms with van der Waals surface area (Å²) in [6.07, 6.45) is 4.29. The van der Waals surface area contributed by atoms with E-state index in [4.69, 9.17) is 0 Å². The Morgan fingerprint density at radius 2 is 1.00 bits per heavy atom. The van der Waals surface area contributed by atoms with Crippen LogP contribution in [0.25, 0.3) is 0 Å². The molecule has 122 valence electrons. The summed E-state index contributed by atoms with van der Waals surface area (Å²) in [6, 6.07) is 0. The molecule has 0 bridgehead atoms. The SMILES string of the molecule is CCCCCC(C(CCCCC)S(=O)(=O)O)S(=O)(=O)O. The third-order valence-electron chi connectivity index (χ3n) is 3.36. The minimum atomic E-state index is -4.50. The first-order valence-corrected chi connectivity index (χ1v) is 10.1. The van der Waals surface area contributed by atoms with Crippen molar-refractivity contribution in [3.05, 3.63) is 0 Å². The molecule has 0 aliphatic carbocycles. The fourth-order valence-corrected chi connectivity index (χ4v) is 5.06. The molecule has 0 amide bonds. The number of unbranched alkanes of at least 4 members (excludes halogenated alkanes) is 4. The lowest BCUT2D eigenvalue weighted by molar-refractivity contribution is 0.418. The molecule has 0 saturated carbocycles. The van der Waals surface area contributed by atoms with Crippen LogP contribution < -0.4 is 0 Å². The first kappa shape index (κ1) is 19.8. The van der Waals surface area contributed by atoms with Crippen LogP contribution in [0.4, 0.5) is 0 Å². The first-order valence-electron chi connectivity index (χ1n) is 7.07. The molecule has 6 nitrogen and oxygen atoms in total. The van der Waals surface area contributed by atoms with E-state index < -0.39 is 30.7 Å². The van der Waals surface area contributed by atoms with Crippen LogP contribution in [0.5, 0.6) is 0 Å². The maximum atomic E-state index is 11.4. The molecule has 2 atom stereocenters. The van der Waals surface area contributed by atoms with Gasteiger partial charge in [-0.3, -0.25) is 9.11 Å². The van der Waals surface area contributed by atoms with Gasteiger partial charge < -0.3 is 0 Å². The van der Waals surface area contributed by atoms with Gasteiger partial charge in [0.15, 0.2) is 0 Å². The first-order chi connectivity index (χ1) is 9.14. The summed E-state index contributed by atoms with van der Waals surface area (Å²) >= 11 is 0. The van der Waals surface area contributed by atoms with Crippen LogP contribution in [0.1, 0.15) is 65.2 Å². The molecule has 0 aromatic carbocycles. The van der Waals surface area contributed by atoms with Crippen molar-refractivity contribution < 1.29 is 25.9 Å². The molecule has 8 heteroatoms. The summed E-state index contributed by atoms with van der Waals surface area (Å²) in [5, 5.41) is -2.89. The molecule has 0 spiro atoms. The highest BCUT2D eigenvalue weighted by atomic mass is 32.2. The molecule has 0 aromatic heterocycles. The Hall–Kier alpha value is -0.180. The van der Waals surface area contributed by atoms with Crippen molar-refractivity contribution in [1.29, 1.82) is 0 Å².